The Morgan fingerprint density at radius 3 is 2.95 bits per heavy atom. The Morgan fingerprint density at radius 1 is 1.55 bits per heavy atom. The van der Waals surface area contributed by atoms with Gasteiger partial charge in [-0.1, -0.05) is 12.5 Å². The molecule has 1 saturated carbocycles. The number of fused-ring (bicyclic) bond motifs is 1. The quantitative estimate of drug-likeness (QED) is 0.868. The highest BCUT2D eigenvalue weighted by molar-refractivity contribution is 5.93. The highest BCUT2D eigenvalue weighted by atomic mass is 16.5. The number of pyridine rings is 1. The van der Waals surface area contributed by atoms with Gasteiger partial charge >= 0.3 is 5.97 Å². The first-order valence-electron chi connectivity index (χ1n) is 6.71. The van der Waals surface area contributed by atoms with Crippen molar-refractivity contribution in [3.8, 4) is 5.88 Å². The van der Waals surface area contributed by atoms with Gasteiger partial charge in [0.25, 0.3) is 0 Å². The predicted octanol–water partition coefficient (Wildman–Crippen LogP) is 1.68. The Morgan fingerprint density at radius 2 is 2.35 bits per heavy atom. The number of methoxy groups -OCH3 is 1. The van der Waals surface area contributed by atoms with Crippen LogP contribution in [0.25, 0.3) is 5.52 Å². The lowest BCUT2D eigenvalue weighted by molar-refractivity contribution is 0.0693. The minimum absolute atomic E-state index is 0.0642. The zero-order valence-electron chi connectivity index (χ0n) is 11.3. The third-order valence-corrected chi connectivity index (χ3v) is 3.76. The number of rotatable bonds is 5. The third-order valence-electron chi connectivity index (χ3n) is 3.76. The topological polar surface area (TPSA) is 75.9 Å². The molecule has 0 unspecified atom stereocenters. The molecule has 0 amide bonds. The molecular formula is C14H17N3O3. The maximum Gasteiger partial charge on any atom is 0.356 e. The van der Waals surface area contributed by atoms with Gasteiger partial charge in [0.1, 0.15) is 5.82 Å². The summed E-state index contributed by atoms with van der Waals surface area (Å²) in [5, 5.41) is 12.7. The van der Waals surface area contributed by atoms with Crippen molar-refractivity contribution in [2.45, 2.75) is 31.8 Å². The number of carbonyl (C=O) groups is 1. The Labute approximate surface area is 116 Å². The van der Waals surface area contributed by atoms with E-state index in [2.05, 4.69) is 10.3 Å². The van der Waals surface area contributed by atoms with Gasteiger partial charge in [-0.3, -0.25) is 4.40 Å². The molecule has 6 nitrogen and oxygen atoms in total. The SMILES string of the molecule is COc1cccc2c(C(=O)O)nc(CNC3CCC3)n12. The summed E-state index contributed by atoms with van der Waals surface area (Å²) in [5.41, 5.74) is 0.622. The van der Waals surface area contributed by atoms with Gasteiger partial charge < -0.3 is 15.2 Å². The Hall–Kier alpha value is -2.08. The van der Waals surface area contributed by atoms with Crippen LogP contribution in [0.3, 0.4) is 0 Å². The highest BCUT2D eigenvalue weighted by Gasteiger charge is 2.21. The first-order valence-corrected chi connectivity index (χ1v) is 6.71. The minimum atomic E-state index is -1.02. The molecule has 2 N–H and O–H groups in total. The van der Waals surface area contributed by atoms with Gasteiger partial charge in [0, 0.05) is 6.04 Å². The maximum atomic E-state index is 11.3. The fourth-order valence-electron chi connectivity index (χ4n) is 2.46. The van der Waals surface area contributed by atoms with E-state index in [9.17, 15) is 9.90 Å². The van der Waals surface area contributed by atoms with Crippen LogP contribution in [0.15, 0.2) is 18.2 Å². The van der Waals surface area contributed by atoms with Crippen molar-refractivity contribution in [3.05, 3.63) is 29.7 Å². The van der Waals surface area contributed by atoms with Crippen molar-refractivity contribution in [1.29, 1.82) is 0 Å². The summed E-state index contributed by atoms with van der Waals surface area (Å²) < 4.78 is 7.07. The number of ether oxygens (including phenoxy) is 1. The number of carboxylic acid groups (broad SMARTS) is 1. The summed E-state index contributed by atoms with van der Waals surface area (Å²) >= 11 is 0. The van der Waals surface area contributed by atoms with Crippen molar-refractivity contribution < 1.29 is 14.6 Å². The Bertz CT molecular complexity index is 646. The van der Waals surface area contributed by atoms with Crippen LogP contribution in [0, 0.1) is 0 Å². The van der Waals surface area contributed by atoms with Crippen LogP contribution in [0.2, 0.25) is 0 Å². The molecule has 3 rings (SSSR count). The molecular weight excluding hydrogens is 258 g/mol. The van der Waals surface area contributed by atoms with Crippen LogP contribution in [0.4, 0.5) is 0 Å². The number of hydrogen-bond acceptors (Lipinski definition) is 4. The van der Waals surface area contributed by atoms with Gasteiger partial charge in [0.05, 0.1) is 19.2 Å². The van der Waals surface area contributed by atoms with E-state index < -0.39 is 5.97 Å². The van der Waals surface area contributed by atoms with Gasteiger partial charge in [-0.05, 0) is 25.0 Å². The largest absolute Gasteiger partial charge is 0.482 e. The zero-order valence-corrected chi connectivity index (χ0v) is 11.3. The smallest absolute Gasteiger partial charge is 0.356 e. The first kappa shape index (κ1) is 12.9. The fraction of sp³-hybridized carbons (Fsp3) is 0.429. The number of imidazole rings is 1. The molecule has 2 heterocycles. The molecule has 1 aliphatic carbocycles. The molecule has 0 atom stereocenters. The van der Waals surface area contributed by atoms with Crippen LogP contribution in [0.5, 0.6) is 5.88 Å². The van der Waals surface area contributed by atoms with E-state index in [-0.39, 0.29) is 5.69 Å². The number of carboxylic acids is 1. The highest BCUT2D eigenvalue weighted by Crippen LogP contribution is 2.22. The second-order valence-corrected chi connectivity index (χ2v) is 4.98. The van der Waals surface area contributed by atoms with E-state index in [1.807, 2.05) is 0 Å². The molecule has 1 fully saturated rings. The first-order chi connectivity index (χ1) is 9.70. The lowest BCUT2D eigenvalue weighted by Crippen LogP contribution is -2.35. The molecule has 0 saturated heterocycles. The van der Waals surface area contributed by atoms with Crippen molar-refractivity contribution in [1.82, 2.24) is 14.7 Å². The van der Waals surface area contributed by atoms with Gasteiger partial charge in [-0.25, -0.2) is 9.78 Å². The van der Waals surface area contributed by atoms with E-state index in [0.29, 0.717) is 29.8 Å². The number of nitrogens with one attached hydrogen (secondary N) is 1. The molecule has 0 aliphatic heterocycles. The van der Waals surface area contributed by atoms with Gasteiger partial charge in [0.2, 0.25) is 0 Å². The van der Waals surface area contributed by atoms with Crippen molar-refractivity contribution in [2.24, 2.45) is 0 Å². The van der Waals surface area contributed by atoms with Crippen LogP contribution in [0.1, 0.15) is 35.6 Å². The average Bonchev–Trinajstić information content (AvgIpc) is 2.76. The fourth-order valence-corrected chi connectivity index (χ4v) is 2.46. The Balaban J connectivity index is 2.02. The van der Waals surface area contributed by atoms with E-state index in [4.69, 9.17) is 4.74 Å². The molecule has 1 aliphatic rings. The van der Waals surface area contributed by atoms with Gasteiger partial charge in [0.15, 0.2) is 11.6 Å². The number of aromatic carboxylic acids is 1. The summed E-state index contributed by atoms with van der Waals surface area (Å²) in [6.07, 6.45) is 3.60. The molecule has 0 bridgehead atoms. The molecule has 106 valence electrons. The summed E-state index contributed by atoms with van der Waals surface area (Å²) in [7, 11) is 1.57. The predicted molar refractivity (Wildman–Crippen MR) is 73.2 cm³/mol. The lowest BCUT2D eigenvalue weighted by Gasteiger charge is -2.26. The van der Waals surface area contributed by atoms with Crippen molar-refractivity contribution >= 4 is 11.5 Å². The molecule has 0 aromatic carbocycles. The average molecular weight is 275 g/mol. The van der Waals surface area contributed by atoms with Crippen molar-refractivity contribution in [3.63, 3.8) is 0 Å². The zero-order chi connectivity index (χ0) is 14.1. The van der Waals surface area contributed by atoms with E-state index in [0.717, 1.165) is 0 Å². The summed E-state index contributed by atoms with van der Waals surface area (Å²) in [5.74, 6) is 0.236. The van der Waals surface area contributed by atoms with Crippen LogP contribution in [-0.4, -0.2) is 33.6 Å². The molecule has 2 aromatic heterocycles. The summed E-state index contributed by atoms with van der Waals surface area (Å²) in [6.45, 7) is 0.541. The van der Waals surface area contributed by atoms with E-state index >= 15 is 0 Å². The molecule has 2 aromatic rings. The van der Waals surface area contributed by atoms with Gasteiger partial charge in [-0.15, -0.1) is 0 Å². The number of nitrogens with zero attached hydrogens (tertiary/aromatic N) is 2. The van der Waals surface area contributed by atoms with Crippen LogP contribution < -0.4 is 10.1 Å². The third kappa shape index (κ3) is 2.12. The lowest BCUT2D eigenvalue weighted by atomic mass is 9.93. The molecule has 0 radical (unpaired) electrons. The van der Waals surface area contributed by atoms with Crippen LogP contribution in [-0.2, 0) is 6.54 Å². The summed E-state index contributed by atoms with van der Waals surface area (Å²) in [6, 6.07) is 5.83. The van der Waals surface area contributed by atoms with E-state index in [1.165, 1.54) is 19.3 Å². The van der Waals surface area contributed by atoms with E-state index in [1.54, 1.807) is 29.7 Å². The minimum Gasteiger partial charge on any atom is -0.482 e. The summed E-state index contributed by atoms with van der Waals surface area (Å²) in [4.78, 5) is 15.5. The standard InChI is InChI=1S/C14H17N3O3/c1-20-12-7-3-6-10-13(14(18)19)16-11(17(10)12)8-15-9-4-2-5-9/h3,6-7,9,15H,2,4-5,8H2,1H3,(H,18,19). The Kier molecular flexibility index (Phi) is 3.31. The second-order valence-electron chi connectivity index (χ2n) is 4.98. The molecule has 20 heavy (non-hydrogen) atoms. The monoisotopic (exact) mass is 275 g/mol. The second kappa shape index (κ2) is 5.13. The normalized spacial score (nSPS) is 15.2. The number of hydrogen-bond donors (Lipinski definition) is 2. The molecule has 6 heteroatoms. The molecule has 0 spiro atoms. The van der Waals surface area contributed by atoms with Gasteiger partial charge in [-0.2, -0.15) is 0 Å². The van der Waals surface area contributed by atoms with Crippen molar-refractivity contribution in [2.75, 3.05) is 7.11 Å². The maximum absolute atomic E-state index is 11.3. The number of aromatic nitrogens is 2. The van der Waals surface area contributed by atoms with Crippen LogP contribution >= 0.6 is 0 Å².